The Kier molecular flexibility index (Phi) is 5.18. The van der Waals surface area contributed by atoms with E-state index in [1.165, 1.54) is 18.6 Å². The Morgan fingerprint density at radius 3 is 2.84 bits per heavy atom. The number of carbonyl (C=O) groups is 1. The molecular formula is C14H19NO4. The second kappa shape index (κ2) is 7.11. The second-order valence-electron chi connectivity index (χ2n) is 4.61. The van der Waals surface area contributed by atoms with E-state index in [1.54, 1.807) is 12.1 Å². The van der Waals surface area contributed by atoms with Gasteiger partial charge in [0.2, 0.25) is 0 Å². The summed E-state index contributed by atoms with van der Waals surface area (Å²) in [6, 6.07) is 6.26. The molecule has 0 aliphatic carbocycles. The predicted molar refractivity (Wildman–Crippen MR) is 66.9 cm³/mol. The van der Waals surface area contributed by atoms with Crippen molar-refractivity contribution in [2.24, 2.45) is 0 Å². The van der Waals surface area contributed by atoms with E-state index in [9.17, 15) is 9.90 Å². The fourth-order valence-corrected chi connectivity index (χ4v) is 2.08. The summed E-state index contributed by atoms with van der Waals surface area (Å²) in [6.45, 7) is 3.33. The lowest BCUT2D eigenvalue weighted by atomic mass is 10.2. The Bertz CT molecular complexity index is 398. The topological polar surface area (TPSA) is 75.2 Å². The van der Waals surface area contributed by atoms with Crippen LogP contribution in [0.5, 0.6) is 5.75 Å². The van der Waals surface area contributed by atoms with Gasteiger partial charge in [-0.2, -0.15) is 0 Å². The van der Waals surface area contributed by atoms with Gasteiger partial charge < -0.3 is 24.7 Å². The monoisotopic (exact) mass is 265 g/mol. The number of benzene rings is 1. The number of nitrogens with two attached hydrogens (primary N) is 1. The maximum absolute atomic E-state index is 10.6. The number of carboxylic acids is 1. The van der Waals surface area contributed by atoms with Crippen LogP contribution in [0.25, 0.3) is 0 Å². The zero-order valence-electron chi connectivity index (χ0n) is 10.8. The van der Waals surface area contributed by atoms with Crippen LogP contribution in [-0.2, 0) is 4.74 Å². The lowest BCUT2D eigenvalue weighted by molar-refractivity contribution is -0.661. The quantitative estimate of drug-likeness (QED) is 0.653. The fourth-order valence-electron chi connectivity index (χ4n) is 2.08. The van der Waals surface area contributed by atoms with E-state index in [1.807, 2.05) is 0 Å². The van der Waals surface area contributed by atoms with E-state index in [0.717, 1.165) is 26.1 Å². The Labute approximate surface area is 112 Å². The molecule has 1 aliphatic rings. The van der Waals surface area contributed by atoms with Gasteiger partial charge in [0, 0.05) is 6.61 Å². The first kappa shape index (κ1) is 13.8. The van der Waals surface area contributed by atoms with Crippen molar-refractivity contribution < 1.29 is 24.7 Å². The number of ether oxygens (including phenoxy) is 2. The van der Waals surface area contributed by atoms with Crippen molar-refractivity contribution in [2.75, 3.05) is 26.3 Å². The first-order valence-electron chi connectivity index (χ1n) is 6.63. The van der Waals surface area contributed by atoms with Gasteiger partial charge in [0.25, 0.3) is 0 Å². The van der Waals surface area contributed by atoms with Gasteiger partial charge in [-0.15, -0.1) is 0 Å². The first-order chi connectivity index (χ1) is 9.25. The van der Waals surface area contributed by atoms with Crippen LogP contribution in [0, 0.1) is 0 Å². The molecule has 1 aliphatic heterocycles. The number of carbonyl (C=O) groups excluding carboxylic acids is 1. The van der Waals surface area contributed by atoms with Crippen LogP contribution < -0.4 is 15.2 Å². The highest BCUT2D eigenvalue weighted by molar-refractivity contribution is 5.85. The highest BCUT2D eigenvalue weighted by atomic mass is 16.5. The molecule has 0 aromatic heterocycles. The third-order valence-corrected chi connectivity index (χ3v) is 3.13. The van der Waals surface area contributed by atoms with Crippen LogP contribution >= 0.6 is 0 Å². The van der Waals surface area contributed by atoms with Crippen LogP contribution in [0.2, 0.25) is 0 Å². The van der Waals surface area contributed by atoms with Gasteiger partial charge in [0.15, 0.2) is 0 Å². The molecule has 1 aromatic carbocycles. The van der Waals surface area contributed by atoms with Gasteiger partial charge in [-0.1, -0.05) is 0 Å². The van der Waals surface area contributed by atoms with Crippen molar-refractivity contribution in [1.29, 1.82) is 0 Å². The minimum absolute atomic E-state index is 0.164. The molecule has 5 nitrogen and oxygen atoms in total. The number of hydrogen-bond donors (Lipinski definition) is 1. The van der Waals surface area contributed by atoms with Crippen molar-refractivity contribution in [3.8, 4) is 5.75 Å². The van der Waals surface area contributed by atoms with Crippen LogP contribution in [-0.4, -0.2) is 38.4 Å². The predicted octanol–water partition coefficient (Wildman–Crippen LogP) is -0.829. The summed E-state index contributed by atoms with van der Waals surface area (Å²) in [7, 11) is 0. The average molecular weight is 265 g/mol. The summed E-state index contributed by atoms with van der Waals surface area (Å²) in [5, 5.41) is 12.8. The first-order valence-corrected chi connectivity index (χ1v) is 6.63. The smallest absolute Gasteiger partial charge is 0.137 e. The zero-order valence-corrected chi connectivity index (χ0v) is 10.8. The third kappa shape index (κ3) is 4.54. The Balaban J connectivity index is 1.61. The van der Waals surface area contributed by atoms with E-state index in [-0.39, 0.29) is 5.56 Å². The molecule has 104 valence electrons. The molecular weight excluding hydrogens is 246 g/mol. The number of rotatable bonds is 7. The Hall–Kier alpha value is -1.59. The molecule has 0 saturated carbocycles. The fraction of sp³-hybridized carbons (Fsp3) is 0.500. The minimum Gasteiger partial charge on any atom is -0.545 e. The Morgan fingerprint density at radius 1 is 1.42 bits per heavy atom. The lowest BCUT2D eigenvalue weighted by Gasteiger charge is -2.09. The molecule has 1 heterocycles. The number of aromatic carboxylic acids is 1. The largest absolute Gasteiger partial charge is 0.545 e. The van der Waals surface area contributed by atoms with E-state index < -0.39 is 5.97 Å². The molecule has 0 spiro atoms. The molecule has 2 rings (SSSR count). The summed E-state index contributed by atoms with van der Waals surface area (Å²) >= 11 is 0. The van der Waals surface area contributed by atoms with Gasteiger partial charge in [-0.25, -0.2) is 0 Å². The van der Waals surface area contributed by atoms with Crippen molar-refractivity contribution in [3.05, 3.63) is 29.8 Å². The molecule has 0 radical (unpaired) electrons. The average Bonchev–Trinajstić information content (AvgIpc) is 2.92. The minimum atomic E-state index is -1.17. The Morgan fingerprint density at radius 2 is 2.21 bits per heavy atom. The summed E-state index contributed by atoms with van der Waals surface area (Å²) in [5.74, 6) is -0.494. The number of hydrogen-bond acceptors (Lipinski definition) is 4. The molecule has 5 heteroatoms. The van der Waals surface area contributed by atoms with Crippen molar-refractivity contribution in [1.82, 2.24) is 0 Å². The standard InChI is InChI=1S/C14H19NO4/c16-14(17)11-3-5-12(6-4-11)19-9-7-15-10-13-2-1-8-18-13/h3-6,13,15H,1-2,7-10H2,(H,16,17)/t13-/m0/s1. The van der Waals surface area contributed by atoms with Crippen molar-refractivity contribution >= 4 is 5.97 Å². The van der Waals surface area contributed by atoms with E-state index in [4.69, 9.17) is 9.47 Å². The summed E-state index contributed by atoms with van der Waals surface area (Å²) < 4.78 is 11.0. The van der Waals surface area contributed by atoms with Gasteiger partial charge in [-0.3, -0.25) is 0 Å². The van der Waals surface area contributed by atoms with Crippen LogP contribution in [0.15, 0.2) is 24.3 Å². The normalized spacial score (nSPS) is 18.4. The molecule has 1 saturated heterocycles. The van der Waals surface area contributed by atoms with Crippen LogP contribution in [0.3, 0.4) is 0 Å². The van der Waals surface area contributed by atoms with Crippen molar-refractivity contribution in [2.45, 2.75) is 18.9 Å². The van der Waals surface area contributed by atoms with E-state index in [2.05, 4.69) is 5.32 Å². The number of quaternary nitrogens is 1. The lowest BCUT2D eigenvalue weighted by Crippen LogP contribution is -2.87. The summed E-state index contributed by atoms with van der Waals surface area (Å²) in [5.41, 5.74) is 0.164. The van der Waals surface area contributed by atoms with Gasteiger partial charge in [0.05, 0.1) is 5.97 Å². The van der Waals surface area contributed by atoms with E-state index in [0.29, 0.717) is 18.5 Å². The zero-order chi connectivity index (χ0) is 13.5. The molecule has 0 bridgehead atoms. The SMILES string of the molecule is O=C([O-])c1ccc(OCC[NH2+]C[C@@H]2CCCO2)cc1. The molecule has 2 N–H and O–H groups in total. The highest BCUT2D eigenvalue weighted by Gasteiger charge is 2.16. The molecule has 1 aromatic rings. The number of carboxylic acid groups (broad SMARTS) is 1. The maximum Gasteiger partial charge on any atom is 0.137 e. The molecule has 0 unspecified atom stereocenters. The highest BCUT2D eigenvalue weighted by Crippen LogP contribution is 2.11. The molecule has 1 fully saturated rings. The van der Waals surface area contributed by atoms with Gasteiger partial charge in [0.1, 0.15) is 31.5 Å². The maximum atomic E-state index is 10.6. The summed E-state index contributed by atoms with van der Waals surface area (Å²) in [4.78, 5) is 10.6. The van der Waals surface area contributed by atoms with Crippen LogP contribution in [0.4, 0.5) is 0 Å². The van der Waals surface area contributed by atoms with Gasteiger partial charge in [-0.05, 0) is 42.7 Å². The van der Waals surface area contributed by atoms with Crippen molar-refractivity contribution in [3.63, 3.8) is 0 Å². The van der Waals surface area contributed by atoms with Gasteiger partial charge >= 0.3 is 0 Å². The third-order valence-electron chi connectivity index (χ3n) is 3.13. The van der Waals surface area contributed by atoms with E-state index >= 15 is 0 Å². The van der Waals surface area contributed by atoms with Crippen LogP contribution in [0.1, 0.15) is 23.2 Å². The molecule has 1 atom stereocenters. The summed E-state index contributed by atoms with van der Waals surface area (Å²) in [6.07, 6.45) is 2.71. The molecule has 0 amide bonds. The second-order valence-corrected chi connectivity index (χ2v) is 4.61. The molecule has 19 heavy (non-hydrogen) atoms.